The van der Waals surface area contributed by atoms with Crippen LogP contribution in [0.2, 0.25) is 0 Å². The third-order valence-corrected chi connectivity index (χ3v) is 7.74. The first-order chi connectivity index (χ1) is 13.7. The fourth-order valence-electron chi connectivity index (χ4n) is 4.33. The normalized spacial score (nSPS) is 25.5. The minimum Gasteiger partial charge on any atom is -0.341 e. The Morgan fingerprint density at radius 2 is 1.86 bits per heavy atom. The summed E-state index contributed by atoms with van der Waals surface area (Å²) in [6.45, 7) is 6.06. The largest absolute Gasteiger partial charge is 0.341 e. The first kappa shape index (κ1) is 20.0. The fraction of sp³-hybridized carbons (Fsp3) is 0.650. The maximum absolute atomic E-state index is 12.7. The number of urea groups is 1. The van der Waals surface area contributed by atoms with Crippen LogP contribution in [0.25, 0.3) is 0 Å². The number of carbonyl (C=O) groups is 4. The van der Waals surface area contributed by atoms with Crippen LogP contribution < -0.4 is 5.32 Å². The minimum atomic E-state index is -0.860. The molecule has 3 aliphatic rings. The summed E-state index contributed by atoms with van der Waals surface area (Å²) in [5.41, 5.74) is -0.0881. The van der Waals surface area contributed by atoms with E-state index in [9.17, 15) is 19.2 Å². The van der Waals surface area contributed by atoms with Gasteiger partial charge in [0.15, 0.2) is 5.78 Å². The second kappa shape index (κ2) is 7.19. The van der Waals surface area contributed by atoms with Crippen molar-refractivity contribution in [2.24, 2.45) is 5.92 Å². The Labute approximate surface area is 173 Å². The Morgan fingerprint density at radius 3 is 2.41 bits per heavy atom. The summed E-state index contributed by atoms with van der Waals surface area (Å²) in [7, 11) is 0. The zero-order chi connectivity index (χ0) is 20.9. The summed E-state index contributed by atoms with van der Waals surface area (Å²) < 4.78 is 0. The molecule has 0 spiro atoms. The maximum Gasteiger partial charge on any atom is 0.325 e. The molecule has 1 N–H and O–H groups in total. The Morgan fingerprint density at radius 1 is 1.21 bits per heavy atom. The van der Waals surface area contributed by atoms with Gasteiger partial charge in [-0.1, -0.05) is 0 Å². The monoisotopic (exact) mass is 418 g/mol. The van der Waals surface area contributed by atoms with Crippen LogP contribution in [0.1, 0.15) is 65.8 Å². The molecule has 1 aliphatic carbocycles. The molecule has 1 aromatic heterocycles. The van der Waals surface area contributed by atoms with E-state index in [-0.39, 0.29) is 36.0 Å². The number of amides is 4. The number of likely N-dealkylation sites (tertiary alicyclic amines) is 1. The number of piperidine rings is 1. The number of Topliss-reactive ketones (excluding diaryl/α,β-unsaturated/α-hetero) is 1. The lowest BCUT2D eigenvalue weighted by atomic mass is 9.96. The smallest absolute Gasteiger partial charge is 0.325 e. The lowest BCUT2D eigenvalue weighted by Gasteiger charge is -2.32. The number of hydrogen-bond acceptors (Lipinski definition) is 6. The predicted octanol–water partition coefficient (Wildman–Crippen LogP) is 2.08. The summed E-state index contributed by atoms with van der Waals surface area (Å²) in [6.07, 6.45) is 3.38. The maximum atomic E-state index is 12.7. The predicted molar refractivity (Wildman–Crippen MR) is 107 cm³/mol. The highest BCUT2D eigenvalue weighted by Crippen LogP contribution is 2.42. The molecule has 9 heteroatoms. The molecule has 2 aliphatic heterocycles. The molecule has 4 amide bonds. The number of imide groups is 1. The van der Waals surface area contributed by atoms with E-state index in [1.807, 2.05) is 6.92 Å². The van der Waals surface area contributed by atoms with Crippen molar-refractivity contribution in [3.8, 4) is 0 Å². The van der Waals surface area contributed by atoms with Crippen LogP contribution >= 0.6 is 11.3 Å². The molecule has 1 saturated carbocycles. The lowest BCUT2D eigenvalue weighted by Crippen LogP contribution is -2.48. The molecule has 2 saturated heterocycles. The molecule has 156 valence electrons. The van der Waals surface area contributed by atoms with Gasteiger partial charge in [0.1, 0.15) is 12.1 Å². The average molecular weight is 419 g/mol. The van der Waals surface area contributed by atoms with Crippen molar-refractivity contribution in [2.45, 2.75) is 57.9 Å². The number of thiazole rings is 1. The van der Waals surface area contributed by atoms with Gasteiger partial charge in [0.2, 0.25) is 5.91 Å². The van der Waals surface area contributed by atoms with Crippen LogP contribution in [0.3, 0.4) is 0 Å². The molecule has 0 unspecified atom stereocenters. The van der Waals surface area contributed by atoms with E-state index in [4.69, 9.17) is 0 Å². The van der Waals surface area contributed by atoms with Gasteiger partial charge in [0, 0.05) is 25.9 Å². The van der Waals surface area contributed by atoms with Gasteiger partial charge in [-0.05, 0) is 45.4 Å². The number of ketones is 1. The van der Waals surface area contributed by atoms with Crippen molar-refractivity contribution in [1.82, 2.24) is 20.1 Å². The van der Waals surface area contributed by atoms with Gasteiger partial charge in [-0.25, -0.2) is 9.78 Å². The van der Waals surface area contributed by atoms with Crippen molar-refractivity contribution in [2.75, 3.05) is 19.6 Å². The SMILES string of the molecule is CC(=O)c1sc(C2CCN(C(=O)CN3C(=O)N[C@](C)(C4CC4)C3=O)CC2)nc1C. The van der Waals surface area contributed by atoms with Gasteiger partial charge in [-0.3, -0.25) is 19.3 Å². The molecule has 4 rings (SSSR count). The highest BCUT2D eigenvalue weighted by molar-refractivity contribution is 7.13. The van der Waals surface area contributed by atoms with Crippen LogP contribution in [-0.2, 0) is 9.59 Å². The van der Waals surface area contributed by atoms with E-state index >= 15 is 0 Å². The Kier molecular flexibility index (Phi) is 4.96. The van der Waals surface area contributed by atoms with Gasteiger partial charge in [-0.2, -0.15) is 0 Å². The number of nitrogens with zero attached hydrogens (tertiary/aromatic N) is 3. The average Bonchev–Trinajstić information content (AvgIpc) is 3.43. The number of aryl methyl sites for hydroxylation is 1. The number of aromatic nitrogens is 1. The van der Waals surface area contributed by atoms with Crippen LogP contribution in [0, 0.1) is 12.8 Å². The summed E-state index contributed by atoms with van der Waals surface area (Å²) in [4.78, 5) is 57.4. The molecule has 0 radical (unpaired) electrons. The van der Waals surface area contributed by atoms with Crippen LogP contribution in [-0.4, -0.2) is 63.6 Å². The summed E-state index contributed by atoms with van der Waals surface area (Å²) in [6, 6.07) is -0.470. The van der Waals surface area contributed by atoms with Gasteiger partial charge >= 0.3 is 6.03 Å². The molecule has 1 atom stereocenters. The number of nitrogens with one attached hydrogen (secondary N) is 1. The Bertz CT molecular complexity index is 885. The van der Waals surface area contributed by atoms with E-state index in [2.05, 4.69) is 10.3 Å². The second-order valence-corrected chi connectivity index (χ2v) is 9.51. The molecule has 29 heavy (non-hydrogen) atoms. The molecule has 0 aromatic carbocycles. The molecular weight excluding hydrogens is 392 g/mol. The van der Waals surface area contributed by atoms with Crippen molar-refractivity contribution >= 4 is 35.0 Å². The standard InChI is InChI=1S/C20H26N4O4S/c1-11-16(12(2)25)29-17(21-11)13-6-8-23(9-7-13)15(26)10-24-18(27)20(3,14-4-5-14)22-19(24)28/h13-14H,4-10H2,1-3H3,(H,22,28)/t20-/m1/s1. The van der Waals surface area contributed by atoms with Crippen LogP contribution in [0.5, 0.6) is 0 Å². The third kappa shape index (κ3) is 3.56. The van der Waals surface area contributed by atoms with E-state index < -0.39 is 11.6 Å². The van der Waals surface area contributed by atoms with Crippen molar-refractivity contribution < 1.29 is 19.2 Å². The van der Waals surface area contributed by atoms with E-state index in [1.54, 1.807) is 18.7 Å². The molecule has 8 nitrogen and oxygen atoms in total. The summed E-state index contributed by atoms with van der Waals surface area (Å²) in [5, 5.41) is 3.73. The number of rotatable bonds is 5. The first-order valence-corrected chi connectivity index (χ1v) is 10.9. The number of carbonyl (C=O) groups excluding carboxylic acids is 4. The summed E-state index contributed by atoms with van der Waals surface area (Å²) in [5.74, 6) is -0.0530. The van der Waals surface area contributed by atoms with Crippen molar-refractivity contribution in [3.63, 3.8) is 0 Å². The third-order valence-electron chi connectivity index (χ3n) is 6.32. The molecule has 0 bridgehead atoms. The fourth-order valence-corrected chi connectivity index (χ4v) is 5.46. The van der Waals surface area contributed by atoms with Crippen LogP contribution in [0.4, 0.5) is 4.79 Å². The van der Waals surface area contributed by atoms with Gasteiger partial charge < -0.3 is 10.2 Å². The molecule has 1 aromatic rings. The zero-order valence-corrected chi connectivity index (χ0v) is 17.8. The lowest BCUT2D eigenvalue weighted by molar-refractivity contribution is -0.139. The first-order valence-electron chi connectivity index (χ1n) is 10.1. The molecule has 3 fully saturated rings. The van der Waals surface area contributed by atoms with Crippen LogP contribution in [0.15, 0.2) is 0 Å². The van der Waals surface area contributed by atoms with E-state index in [1.165, 1.54) is 11.3 Å². The van der Waals surface area contributed by atoms with Gasteiger partial charge in [0.05, 0.1) is 15.6 Å². The van der Waals surface area contributed by atoms with Gasteiger partial charge in [-0.15, -0.1) is 11.3 Å². The van der Waals surface area contributed by atoms with E-state index in [0.29, 0.717) is 18.0 Å². The highest BCUT2D eigenvalue weighted by atomic mass is 32.1. The zero-order valence-electron chi connectivity index (χ0n) is 17.0. The highest BCUT2D eigenvalue weighted by Gasteiger charge is 2.56. The minimum absolute atomic E-state index is 0.0330. The molecular formula is C20H26N4O4S. The molecule has 3 heterocycles. The Hall–Kier alpha value is -2.29. The quantitative estimate of drug-likeness (QED) is 0.583. The number of hydrogen-bond donors (Lipinski definition) is 1. The van der Waals surface area contributed by atoms with Crippen molar-refractivity contribution in [1.29, 1.82) is 0 Å². The second-order valence-electron chi connectivity index (χ2n) is 8.48. The Balaban J connectivity index is 1.35. The van der Waals surface area contributed by atoms with E-state index in [0.717, 1.165) is 41.3 Å². The van der Waals surface area contributed by atoms with Gasteiger partial charge in [0.25, 0.3) is 5.91 Å². The summed E-state index contributed by atoms with van der Waals surface area (Å²) >= 11 is 1.45. The van der Waals surface area contributed by atoms with Crippen molar-refractivity contribution in [3.05, 3.63) is 15.6 Å². The topological polar surface area (TPSA) is 99.7 Å².